The van der Waals surface area contributed by atoms with Crippen molar-refractivity contribution in [2.24, 2.45) is 0 Å². The molecule has 2 aromatic heterocycles. The van der Waals surface area contributed by atoms with E-state index in [9.17, 15) is 5.11 Å². The van der Waals surface area contributed by atoms with Crippen LogP contribution in [-0.4, -0.2) is 26.0 Å². The molecule has 1 N–H and O–H groups in total. The molecule has 0 radical (unpaired) electrons. The van der Waals surface area contributed by atoms with Crippen LogP contribution in [0.5, 0.6) is 0 Å². The van der Waals surface area contributed by atoms with E-state index >= 15 is 0 Å². The lowest BCUT2D eigenvalue weighted by atomic mass is 9.65. The van der Waals surface area contributed by atoms with Gasteiger partial charge >= 0.3 is 0 Å². The third-order valence-electron chi connectivity index (χ3n) is 5.44. The number of aryl methyl sites for hydroxylation is 2. The van der Waals surface area contributed by atoms with Gasteiger partial charge < -0.3 is 9.67 Å². The smallest absolute Gasteiger partial charge is 0.144 e. The van der Waals surface area contributed by atoms with E-state index < -0.39 is 0 Å². The van der Waals surface area contributed by atoms with Gasteiger partial charge in [-0.2, -0.15) is 0 Å². The van der Waals surface area contributed by atoms with E-state index in [1.807, 2.05) is 11.3 Å². The summed E-state index contributed by atoms with van der Waals surface area (Å²) in [6.07, 6.45) is 8.50. The van der Waals surface area contributed by atoms with Gasteiger partial charge in [-0.3, -0.25) is 0 Å². The molecule has 4 nitrogen and oxygen atoms in total. The van der Waals surface area contributed by atoms with Crippen LogP contribution in [0.25, 0.3) is 0 Å². The second kappa shape index (κ2) is 6.02. The van der Waals surface area contributed by atoms with Crippen LogP contribution >= 0.6 is 11.3 Å². The van der Waals surface area contributed by atoms with Gasteiger partial charge in [-0.15, -0.1) is 21.5 Å². The van der Waals surface area contributed by atoms with Gasteiger partial charge in [0, 0.05) is 22.7 Å². The van der Waals surface area contributed by atoms with Gasteiger partial charge in [-0.1, -0.05) is 19.8 Å². The first-order valence-electron chi connectivity index (χ1n) is 8.93. The Bertz CT molecular complexity index is 684. The number of hydrogen-bond acceptors (Lipinski definition) is 4. The van der Waals surface area contributed by atoms with Gasteiger partial charge in [0.2, 0.25) is 0 Å². The number of thiophene rings is 1. The summed E-state index contributed by atoms with van der Waals surface area (Å²) in [7, 11) is 0. The average Bonchev–Trinajstić information content (AvgIpc) is 3.11. The summed E-state index contributed by atoms with van der Waals surface area (Å²) >= 11 is 1.88. The molecule has 1 aliphatic carbocycles. The lowest BCUT2D eigenvalue weighted by Crippen LogP contribution is -2.47. The number of nitrogens with zero attached hydrogens (tertiary/aromatic N) is 3. The number of aliphatic hydroxyl groups excluding tert-OH is 1. The molecule has 0 amide bonds. The van der Waals surface area contributed by atoms with Gasteiger partial charge in [0.05, 0.1) is 11.5 Å². The number of rotatable bonds is 3. The largest absolute Gasteiger partial charge is 0.393 e. The molecule has 5 heteroatoms. The Balaban J connectivity index is 1.76. The molecule has 0 bridgehead atoms. The predicted octanol–water partition coefficient (Wildman–Crippen LogP) is 3.46. The van der Waals surface area contributed by atoms with Crippen molar-refractivity contribution in [3.05, 3.63) is 33.5 Å². The van der Waals surface area contributed by atoms with Gasteiger partial charge in [0.1, 0.15) is 11.6 Å². The Labute approximate surface area is 141 Å². The molecule has 23 heavy (non-hydrogen) atoms. The topological polar surface area (TPSA) is 50.9 Å². The zero-order valence-corrected chi connectivity index (χ0v) is 14.6. The van der Waals surface area contributed by atoms with E-state index in [4.69, 9.17) is 0 Å². The molecule has 3 heterocycles. The van der Waals surface area contributed by atoms with Crippen LogP contribution < -0.4 is 0 Å². The molecule has 0 spiro atoms. The number of aliphatic hydroxyl groups is 1. The fourth-order valence-corrected chi connectivity index (χ4v) is 5.23. The van der Waals surface area contributed by atoms with E-state index in [2.05, 4.69) is 33.8 Å². The van der Waals surface area contributed by atoms with E-state index in [1.165, 1.54) is 35.4 Å². The standard InChI is InChI=1S/C18H25N3OS/c1-2-14-8-9-15(23-14)18(11-13(22)12-18)17-20-19-16-7-5-3-4-6-10-21(16)17/h8-9,13,22H,2-7,10-12H2,1H3. The Kier molecular flexibility index (Phi) is 4.01. The summed E-state index contributed by atoms with van der Waals surface area (Å²) in [6.45, 7) is 3.23. The van der Waals surface area contributed by atoms with Gasteiger partial charge in [0.25, 0.3) is 0 Å². The van der Waals surface area contributed by atoms with Crippen LogP contribution in [0.15, 0.2) is 12.1 Å². The van der Waals surface area contributed by atoms with Crippen molar-refractivity contribution >= 4 is 11.3 Å². The molecular weight excluding hydrogens is 306 g/mol. The van der Waals surface area contributed by atoms with E-state index in [0.717, 1.165) is 43.9 Å². The minimum Gasteiger partial charge on any atom is -0.393 e. The quantitative estimate of drug-likeness (QED) is 0.937. The Morgan fingerprint density at radius 2 is 2.04 bits per heavy atom. The summed E-state index contributed by atoms with van der Waals surface area (Å²) in [4.78, 5) is 2.77. The molecule has 4 rings (SSSR count). The van der Waals surface area contributed by atoms with Crippen molar-refractivity contribution in [2.75, 3.05) is 0 Å². The fraction of sp³-hybridized carbons (Fsp3) is 0.667. The first-order chi connectivity index (χ1) is 11.2. The summed E-state index contributed by atoms with van der Waals surface area (Å²) in [5.74, 6) is 2.25. The van der Waals surface area contributed by atoms with Crippen molar-refractivity contribution in [1.82, 2.24) is 14.8 Å². The van der Waals surface area contributed by atoms with Crippen LogP contribution in [0.2, 0.25) is 0 Å². The first kappa shape index (κ1) is 15.3. The Morgan fingerprint density at radius 1 is 1.22 bits per heavy atom. The normalized spacial score (nSPS) is 27.8. The number of fused-ring (bicyclic) bond motifs is 1. The molecule has 0 atom stereocenters. The van der Waals surface area contributed by atoms with Crippen LogP contribution in [0.4, 0.5) is 0 Å². The average molecular weight is 331 g/mol. The minimum absolute atomic E-state index is 0.109. The summed E-state index contributed by atoms with van der Waals surface area (Å²) in [6, 6.07) is 4.48. The minimum atomic E-state index is -0.205. The number of hydrogen-bond donors (Lipinski definition) is 1. The molecule has 1 saturated carbocycles. The van der Waals surface area contributed by atoms with Gasteiger partial charge in [-0.25, -0.2) is 0 Å². The molecule has 1 aliphatic heterocycles. The zero-order valence-electron chi connectivity index (χ0n) is 13.8. The van der Waals surface area contributed by atoms with E-state index in [1.54, 1.807) is 0 Å². The Hall–Kier alpha value is -1.20. The third-order valence-corrected chi connectivity index (χ3v) is 6.87. The van der Waals surface area contributed by atoms with Crippen molar-refractivity contribution in [1.29, 1.82) is 0 Å². The molecule has 0 unspecified atom stereocenters. The summed E-state index contributed by atoms with van der Waals surface area (Å²) in [5.41, 5.74) is -0.109. The highest BCUT2D eigenvalue weighted by atomic mass is 32.1. The molecule has 124 valence electrons. The number of aromatic nitrogens is 3. The van der Waals surface area contributed by atoms with Crippen molar-refractivity contribution in [2.45, 2.75) is 76.4 Å². The zero-order chi connectivity index (χ0) is 15.9. The SMILES string of the molecule is CCc1ccc(C2(c3nnc4n3CCCCCC4)CC(O)C2)s1. The molecule has 0 saturated heterocycles. The lowest BCUT2D eigenvalue weighted by molar-refractivity contribution is 0.0333. The predicted molar refractivity (Wildman–Crippen MR) is 91.9 cm³/mol. The molecular formula is C18H25N3OS. The van der Waals surface area contributed by atoms with Gasteiger partial charge in [-0.05, 0) is 44.2 Å². The van der Waals surface area contributed by atoms with Crippen LogP contribution in [0, 0.1) is 0 Å². The second-order valence-corrected chi connectivity index (χ2v) is 8.19. The highest BCUT2D eigenvalue weighted by molar-refractivity contribution is 7.12. The summed E-state index contributed by atoms with van der Waals surface area (Å²) < 4.78 is 2.37. The van der Waals surface area contributed by atoms with Gasteiger partial charge in [0.15, 0.2) is 0 Å². The molecule has 2 aromatic rings. The first-order valence-corrected chi connectivity index (χ1v) is 9.74. The molecule has 0 aromatic carbocycles. The van der Waals surface area contributed by atoms with Crippen molar-refractivity contribution < 1.29 is 5.11 Å². The third kappa shape index (κ3) is 2.54. The molecule has 1 fully saturated rings. The fourth-order valence-electron chi connectivity index (χ4n) is 4.08. The monoisotopic (exact) mass is 331 g/mol. The van der Waals surface area contributed by atoms with E-state index in [0.29, 0.717) is 0 Å². The highest BCUT2D eigenvalue weighted by Crippen LogP contribution is 2.50. The Morgan fingerprint density at radius 3 is 2.78 bits per heavy atom. The lowest BCUT2D eigenvalue weighted by Gasteiger charge is -2.44. The maximum atomic E-state index is 10.1. The van der Waals surface area contributed by atoms with Crippen molar-refractivity contribution in [3.63, 3.8) is 0 Å². The summed E-state index contributed by atoms with van der Waals surface area (Å²) in [5, 5.41) is 19.2. The highest BCUT2D eigenvalue weighted by Gasteiger charge is 2.51. The second-order valence-electron chi connectivity index (χ2n) is 7.02. The molecule has 2 aliphatic rings. The van der Waals surface area contributed by atoms with Crippen LogP contribution in [0.1, 0.15) is 66.9 Å². The van der Waals surface area contributed by atoms with Crippen LogP contribution in [0.3, 0.4) is 0 Å². The van der Waals surface area contributed by atoms with E-state index in [-0.39, 0.29) is 11.5 Å². The van der Waals surface area contributed by atoms with Crippen LogP contribution in [-0.2, 0) is 24.8 Å². The van der Waals surface area contributed by atoms with Crippen molar-refractivity contribution in [3.8, 4) is 0 Å². The maximum Gasteiger partial charge on any atom is 0.144 e. The maximum absolute atomic E-state index is 10.1.